The molecule has 6 nitrogen and oxygen atoms in total. The van der Waals surface area contributed by atoms with Crippen LogP contribution < -0.4 is 15.4 Å². The lowest BCUT2D eigenvalue weighted by atomic mass is 9.94. The fourth-order valence-corrected chi connectivity index (χ4v) is 2.40. The van der Waals surface area contributed by atoms with Crippen molar-refractivity contribution in [1.82, 2.24) is 0 Å². The number of methoxy groups -OCH3 is 1. The number of nitro groups is 1. The van der Waals surface area contributed by atoms with Gasteiger partial charge < -0.3 is 15.4 Å². The maximum Gasteiger partial charge on any atom is 0.313 e. The number of nitro benzene ring substituents is 1. The molecule has 1 saturated heterocycles. The third-order valence-electron chi connectivity index (χ3n) is 3.80. The van der Waals surface area contributed by atoms with Gasteiger partial charge in [0.2, 0.25) is 0 Å². The van der Waals surface area contributed by atoms with E-state index in [1.54, 1.807) is 0 Å². The first kappa shape index (κ1) is 14.5. The van der Waals surface area contributed by atoms with Crippen molar-refractivity contribution in [3.05, 3.63) is 28.1 Å². The van der Waals surface area contributed by atoms with Gasteiger partial charge in [0.1, 0.15) is 0 Å². The summed E-state index contributed by atoms with van der Waals surface area (Å²) in [5.41, 5.74) is 5.93. The first-order valence-electron chi connectivity index (χ1n) is 6.46. The molecule has 1 aliphatic rings. The molecule has 2 rings (SSSR count). The molecule has 20 heavy (non-hydrogen) atoms. The largest absolute Gasteiger partial charge is 0.490 e. The van der Waals surface area contributed by atoms with E-state index in [0.29, 0.717) is 24.7 Å². The number of benzene rings is 1. The van der Waals surface area contributed by atoms with Gasteiger partial charge in [-0.2, -0.15) is 0 Å². The van der Waals surface area contributed by atoms with Crippen molar-refractivity contribution in [2.45, 2.75) is 19.4 Å². The molecular weight excluding hydrogens is 265 g/mol. The molecule has 0 bridgehead atoms. The van der Waals surface area contributed by atoms with E-state index in [2.05, 4.69) is 6.92 Å². The molecule has 1 fully saturated rings. The van der Waals surface area contributed by atoms with E-state index in [-0.39, 0.29) is 17.5 Å². The number of piperidine rings is 1. The van der Waals surface area contributed by atoms with Gasteiger partial charge in [0.05, 0.1) is 23.8 Å². The Bertz CT molecular complexity index is 524. The number of halogens is 1. The van der Waals surface area contributed by atoms with Crippen molar-refractivity contribution in [3.63, 3.8) is 0 Å². The summed E-state index contributed by atoms with van der Waals surface area (Å²) in [7, 11) is 1.33. The van der Waals surface area contributed by atoms with Crippen LogP contribution in [0, 0.1) is 21.8 Å². The Morgan fingerprint density at radius 1 is 1.55 bits per heavy atom. The van der Waals surface area contributed by atoms with Crippen LogP contribution in [0.15, 0.2) is 12.1 Å². The Kier molecular flexibility index (Phi) is 4.08. The minimum atomic E-state index is -0.657. The summed E-state index contributed by atoms with van der Waals surface area (Å²) in [6, 6.07) is 2.23. The molecule has 0 radical (unpaired) electrons. The Morgan fingerprint density at radius 2 is 2.25 bits per heavy atom. The summed E-state index contributed by atoms with van der Waals surface area (Å²) in [5, 5.41) is 10.8. The van der Waals surface area contributed by atoms with Gasteiger partial charge in [-0.05, 0) is 12.3 Å². The zero-order valence-corrected chi connectivity index (χ0v) is 11.5. The Hall–Kier alpha value is -1.89. The minimum absolute atomic E-state index is 0.0377. The first-order valence-corrected chi connectivity index (χ1v) is 6.46. The van der Waals surface area contributed by atoms with Crippen molar-refractivity contribution < 1.29 is 14.1 Å². The van der Waals surface area contributed by atoms with Crippen molar-refractivity contribution in [3.8, 4) is 5.75 Å². The van der Waals surface area contributed by atoms with Crippen LogP contribution in [0.25, 0.3) is 0 Å². The normalized spacial score (nSPS) is 22.7. The number of nitrogens with two attached hydrogens (primary N) is 1. The molecule has 2 N–H and O–H groups in total. The minimum Gasteiger partial charge on any atom is -0.490 e. The van der Waals surface area contributed by atoms with Crippen molar-refractivity contribution in [1.29, 1.82) is 0 Å². The zero-order valence-electron chi connectivity index (χ0n) is 11.5. The molecule has 2 atom stereocenters. The summed E-state index contributed by atoms with van der Waals surface area (Å²) >= 11 is 0. The van der Waals surface area contributed by atoms with Crippen LogP contribution >= 0.6 is 0 Å². The standard InChI is InChI=1S/C13H18FN3O3/c1-8-3-4-16(7-10(8)15)11-6-13(20-2)12(17(18)19)5-9(11)14/h5-6,8,10H,3-4,7,15H2,1-2H3. The van der Waals surface area contributed by atoms with Crippen LogP contribution in [0.4, 0.5) is 15.8 Å². The van der Waals surface area contributed by atoms with E-state index in [9.17, 15) is 14.5 Å². The average molecular weight is 283 g/mol. The molecule has 1 aromatic carbocycles. The molecule has 0 aliphatic carbocycles. The topological polar surface area (TPSA) is 81.6 Å². The SMILES string of the molecule is COc1cc(N2CCC(C)C(N)C2)c(F)cc1[N+](=O)[O-]. The number of ether oxygens (including phenoxy) is 1. The average Bonchev–Trinajstić information content (AvgIpc) is 2.41. The van der Waals surface area contributed by atoms with Gasteiger partial charge in [-0.3, -0.25) is 10.1 Å². The third kappa shape index (κ3) is 2.67. The third-order valence-corrected chi connectivity index (χ3v) is 3.80. The van der Waals surface area contributed by atoms with Crippen molar-refractivity contribution in [2.24, 2.45) is 11.7 Å². The highest BCUT2D eigenvalue weighted by Gasteiger charge is 2.27. The molecule has 7 heteroatoms. The van der Waals surface area contributed by atoms with Crippen molar-refractivity contribution >= 4 is 11.4 Å². The van der Waals surface area contributed by atoms with E-state index >= 15 is 0 Å². The Morgan fingerprint density at radius 3 is 2.80 bits per heavy atom. The number of nitrogens with zero attached hydrogens (tertiary/aromatic N) is 2. The Labute approximate surface area is 116 Å². The van der Waals surface area contributed by atoms with Crippen LogP contribution in [-0.2, 0) is 0 Å². The second-order valence-corrected chi connectivity index (χ2v) is 5.11. The van der Waals surface area contributed by atoms with E-state index < -0.39 is 10.7 Å². The summed E-state index contributed by atoms with van der Waals surface area (Å²) in [6.45, 7) is 3.26. The molecular formula is C13H18FN3O3. The molecule has 0 amide bonds. The first-order chi connectivity index (χ1) is 9.43. The summed E-state index contributed by atoms with van der Waals surface area (Å²) in [6.07, 6.45) is 0.861. The van der Waals surface area contributed by atoms with Gasteiger partial charge in [0.15, 0.2) is 11.6 Å². The van der Waals surface area contributed by atoms with Gasteiger partial charge in [0.25, 0.3) is 0 Å². The number of hydrogen-bond donors (Lipinski definition) is 1. The number of rotatable bonds is 3. The lowest BCUT2D eigenvalue weighted by Gasteiger charge is -2.36. The maximum atomic E-state index is 14.1. The highest BCUT2D eigenvalue weighted by Crippen LogP contribution is 2.35. The van der Waals surface area contributed by atoms with Gasteiger partial charge in [-0.15, -0.1) is 0 Å². The fourth-order valence-electron chi connectivity index (χ4n) is 2.40. The molecule has 0 spiro atoms. The summed E-state index contributed by atoms with van der Waals surface area (Å²) in [5.74, 6) is -0.188. The fraction of sp³-hybridized carbons (Fsp3) is 0.538. The zero-order chi connectivity index (χ0) is 14.9. The number of anilines is 1. The molecule has 2 unspecified atom stereocenters. The molecule has 1 aromatic rings. The van der Waals surface area contributed by atoms with Gasteiger partial charge in [0, 0.05) is 25.2 Å². The second kappa shape index (κ2) is 5.62. The van der Waals surface area contributed by atoms with Gasteiger partial charge in [-0.25, -0.2) is 4.39 Å². The van der Waals surface area contributed by atoms with E-state index in [1.165, 1.54) is 13.2 Å². The van der Waals surface area contributed by atoms with Crippen molar-refractivity contribution in [2.75, 3.05) is 25.1 Å². The van der Waals surface area contributed by atoms with Crippen LogP contribution in [0.1, 0.15) is 13.3 Å². The Balaban J connectivity index is 2.35. The van der Waals surface area contributed by atoms with Crippen LogP contribution in [0.3, 0.4) is 0 Å². The quantitative estimate of drug-likeness (QED) is 0.677. The highest BCUT2D eigenvalue weighted by molar-refractivity contribution is 5.60. The lowest BCUT2D eigenvalue weighted by Crippen LogP contribution is -2.47. The molecule has 1 aliphatic heterocycles. The second-order valence-electron chi connectivity index (χ2n) is 5.11. The van der Waals surface area contributed by atoms with E-state index in [4.69, 9.17) is 10.5 Å². The molecule has 0 saturated carbocycles. The van der Waals surface area contributed by atoms with Gasteiger partial charge >= 0.3 is 5.69 Å². The summed E-state index contributed by atoms with van der Waals surface area (Å²) < 4.78 is 19.1. The molecule has 110 valence electrons. The highest BCUT2D eigenvalue weighted by atomic mass is 19.1. The predicted molar refractivity (Wildman–Crippen MR) is 73.6 cm³/mol. The van der Waals surface area contributed by atoms with Crippen LogP contribution in [0.5, 0.6) is 5.75 Å². The smallest absolute Gasteiger partial charge is 0.313 e. The number of hydrogen-bond acceptors (Lipinski definition) is 5. The maximum absolute atomic E-state index is 14.1. The lowest BCUT2D eigenvalue weighted by molar-refractivity contribution is -0.385. The molecule has 1 heterocycles. The molecule has 0 aromatic heterocycles. The summed E-state index contributed by atoms with van der Waals surface area (Å²) in [4.78, 5) is 12.0. The van der Waals surface area contributed by atoms with E-state index in [1.807, 2.05) is 4.90 Å². The monoisotopic (exact) mass is 283 g/mol. The predicted octanol–water partition coefficient (Wildman–Crippen LogP) is 1.92. The van der Waals surface area contributed by atoms with Gasteiger partial charge in [-0.1, -0.05) is 6.92 Å². The van der Waals surface area contributed by atoms with E-state index in [0.717, 1.165) is 12.5 Å². The van der Waals surface area contributed by atoms with Crippen LogP contribution in [0.2, 0.25) is 0 Å². The van der Waals surface area contributed by atoms with Crippen LogP contribution in [-0.4, -0.2) is 31.2 Å².